The van der Waals surface area contributed by atoms with E-state index in [-0.39, 0.29) is 11.0 Å². The van der Waals surface area contributed by atoms with Gasteiger partial charge in [0.05, 0.1) is 14.2 Å². The van der Waals surface area contributed by atoms with Gasteiger partial charge >= 0.3 is 5.97 Å². The van der Waals surface area contributed by atoms with Crippen LogP contribution in [0.25, 0.3) is 11.1 Å². The molecule has 0 saturated heterocycles. The fourth-order valence-corrected chi connectivity index (χ4v) is 2.49. The Labute approximate surface area is 135 Å². The van der Waals surface area contributed by atoms with Crippen molar-refractivity contribution in [3.63, 3.8) is 0 Å². The van der Waals surface area contributed by atoms with Gasteiger partial charge in [0.2, 0.25) is 5.88 Å². The first-order chi connectivity index (χ1) is 10.8. The topological polar surface area (TPSA) is 68.7 Å². The summed E-state index contributed by atoms with van der Waals surface area (Å²) in [5, 5.41) is 9.56. The number of carboxylic acid groups (broad SMARTS) is 1. The molecule has 0 atom stereocenters. The van der Waals surface area contributed by atoms with Crippen LogP contribution in [0.5, 0.6) is 11.6 Å². The van der Waals surface area contributed by atoms with Crippen molar-refractivity contribution in [2.45, 2.75) is 26.2 Å². The van der Waals surface area contributed by atoms with Crippen LogP contribution in [0.3, 0.4) is 0 Å². The number of methoxy groups -OCH3 is 2. The van der Waals surface area contributed by atoms with Crippen molar-refractivity contribution in [2.24, 2.45) is 0 Å². The summed E-state index contributed by atoms with van der Waals surface area (Å²) in [6.45, 7) is 6.04. The van der Waals surface area contributed by atoms with Gasteiger partial charge in [-0.05, 0) is 35.2 Å². The number of hydrogen-bond donors (Lipinski definition) is 1. The quantitative estimate of drug-likeness (QED) is 0.930. The molecule has 0 unspecified atom stereocenters. The van der Waals surface area contributed by atoms with Gasteiger partial charge in [-0.3, -0.25) is 0 Å². The van der Waals surface area contributed by atoms with E-state index in [1.807, 2.05) is 32.9 Å². The molecular formula is C18H21NO4. The highest BCUT2D eigenvalue weighted by molar-refractivity contribution is 5.94. The van der Waals surface area contributed by atoms with Gasteiger partial charge in [-0.1, -0.05) is 20.8 Å². The molecule has 1 heterocycles. The Kier molecular flexibility index (Phi) is 4.59. The molecule has 5 heteroatoms. The number of carboxylic acids is 1. The lowest BCUT2D eigenvalue weighted by molar-refractivity contribution is 0.0693. The van der Waals surface area contributed by atoms with Gasteiger partial charge in [-0.15, -0.1) is 0 Å². The van der Waals surface area contributed by atoms with Crippen molar-refractivity contribution < 1.29 is 19.4 Å². The summed E-state index contributed by atoms with van der Waals surface area (Å²) < 4.78 is 10.7. The summed E-state index contributed by atoms with van der Waals surface area (Å²) in [5.41, 5.74) is 2.14. The fraction of sp³-hybridized carbons (Fsp3) is 0.333. The van der Waals surface area contributed by atoms with Crippen molar-refractivity contribution in [1.29, 1.82) is 0 Å². The second kappa shape index (κ2) is 6.28. The third-order valence-electron chi connectivity index (χ3n) is 3.61. The predicted molar refractivity (Wildman–Crippen MR) is 88.4 cm³/mol. The summed E-state index contributed by atoms with van der Waals surface area (Å²) in [5.74, 6) is -0.192. The lowest BCUT2D eigenvalue weighted by Crippen LogP contribution is -2.15. The molecule has 0 aliphatic carbocycles. The molecule has 2 aromatic rings. The van der Waals surface area contributed by atoms with Gasteiger partial charge in [-0.25, -0.2) is 9.78 Å². The third-order valence-corrected chi connectivity index (χ3v) is 3.61. The molecule has 1 N–H and O–H groups in total. The molecule has 0 radical (unpaired) electrons. The van der Waals surface area contributed by atoms with E-state index < -0.39 is 5.97 Å². The minimum absolute atomic E-state index is 0.126. The summed E-state index contributed by atoms with van der Waals surface area (Å²) in [7, 11) is 3.03. The Morgan fingerprint density at radius 1 is 1.17 bits per heavy atom. The summed E-state index contributed by atoms with van der Waals surface area (Å²) in [6.07, 6.45) is 1.63. The molecule has 1 aromatic heterocycles. The van der Waals surface area contributed by atoms with Gasteiger partial charge in [-0.2, -0.15) is 0 Å². The van der Waals surface area contributed by atoms with Gasteiger partial charge in [0.15, 0.2) is 0 Å². The highest BCUT2D eigenvalue weighted by Gasteiger charge is 2.26. The standard InChI is InChI=1S/C18H21NO4/c1-18(2,3)14-10-11(9-13(17(20)21)15(14)22-4)12-7-6-8-19-16(12)23-5/h6-10H,1-5H3,(H,20,21). The smallest absolute Gasteiger partial charge is 0.339 e. The van der Waals surface area contributed by atoms with Crippen molar-refractivity contribution in [3.05, 3.63) is 41.6 Å². The van der Waals surface area contributed by atoms with E-state index >= 15 is 0 Å². The number of aromatic nitrogens is 1. The number of rotatable bonds is 4. The van der Waals surface area contributed by atoms with Gasteiger partial charge in [0, 0.05) is 17.3 Å². The average molecular weight is 315 g/mol. The number of nitrogens with zero attached hydrogens (tertiary/aromatic N) is 1. The van der Waals surface area contributed by atoms with Crippen LogP contribution in [0.1, 0.15) is 36.7 Å². The van der Waals surface area contributed by atoms with E-state index in [4.69, 9.17) is 9.47 Å². The minimum Gasteiger partial charge on any atom is -0.496 e. The highest BCUT2D eigenvalue weighted by atomic mass is 16.5. The lowest BCUT2D eigenvalue weighted by Gasteiger charge is -2.24. The maximum absolute atomic E-state index is 11.7. The van der Waals surface area contributed by atoms with Gasteiger partial charge in [0.25, 0.3) is 0 Å². The van der Waals surface area contributed by atoms with Crippen LogP contribution in [-0.2, 0) is 5.41 Å². The highest BCUT2D eigenvalue weighted by Crippen LogP contribution is 2.39. The number of ether oxygens (including phenoxy) is 2. The van der Waals surface area contributed by atoms with Gasteiger partial charge < -0.3 is 14.6 Å². The molecule has 0 amide bonds. The van der Waals surface area contributed by atoms with Crippen molar-refractivity contribution in [3.8, 4) is 22.8 Å². The maximum Gasteiger partial charge on any atom is 0.339 e. The number of carbonyl (C=O) groups is 1. The van der Waals surface area contributed by atoms with Crippen LogP contribution < -0.4 is 9.47 Å². The first kappa shape index (κ1) is 16.8. The van der Waals surface area contributed by atoms with E-state index in [1.165, 1.54) is 14.2 Å². The Morgan fingerprint density at radius 3 is 2.39 bits per heavy atom. The molecule has 0 aliphatic heterocycles. The van der Waals surface area contributed by atoms with Crippen LogP contribution >= 0.6 is 0 Å². The molecular weight excluding hydrogens is 294 g/mol. The molecule has 0 spiro atoms. The number of pyridine rings is 1. The van der Waals surface area contributed by atoms with E-state index in [2.05, 4.69) is 4.98 Å². The normalized spacial score (nSPS) is 11.2. The monoisotopic (exact) mass is 315 g/mol. The average Bonchev–Trinajstić information content (AvgIpc) is 2.52. The van der Waals surface area contributed by atoms with Crippen molar-refractivity contribution in [1.82, 2.24) is 4.98 Å². The minimum atomic E-state index is -1.03. The second-order valence-electron chi connectivity index (χ2n) is 6.22. The molecule has 23 heavy (non-hydrogen) atoms. The molecule has 0 saturated carbocycles. The Balaban J connectivity index is 2.81. The van der Waals surface area contributed by atoms with Gasteiger partial charge in [0.1, 0.15) is 11.3 Å². The van der Waals surface area contributed by atoms with E-state index in [1.54, 1.807) is 18.3 Å². The molecule has 1 aromatic carbocycles. The Hall–Kier alpha value is -2.56. The van der Waals surface area contributed by atoms with E-state index in [0.29, 0.717) is 11.6 Å². The first-order valence-electron chi connectivity index (χ1n) is 7.24. The molecule has 0 fully saturated rings. The predicted octanol–water partition coefficient (Wildman–Crippen LogP) is 3.76. The Morgan fingerprint density at radius 2 is 1.87 bits per heavy atom. The molecule has 122 valence electrons. The summed E-state index contributed by atoms with van der Waals surface area (Å²) in [6, 6.07) is 7.17. The number of aromatic carboxylic acids is 1. The van der Waals surface area contributed by atoms with Crippen molar-refractivity contribution in [2.75, 3.05) is 14.2 Å². The lowest BCUT2D eigenvalue weighted by atomic mass is 9.83. The number of hydrogen-bond acceptors (Lipinski definition) is 4. The molecule has 5 nitrogen and oxygen atoms in total. The first-order valence-corrected chi connectivity index (χ1v) is 7.24. The van der Waals surface area contributed by atoms with Crippen LogP contribution in [0.4, 0.5) is 0 Å². The SMILES string of the molecule is COc1ncccc1-c1cc(C(=O)O)c(OC)c(C(C)(C)C)c1. The summed E-state index contributed by atoms with van der Waals surface area (Å²) in [4.78, 5) is 15.9. The largest absolute Gasteiger partial charge is 0.496 e. The molecule has 2 rings (SSSR count). The van der Waals surface area contributed by atoms with Crippen LogP contribution in [0, 0.1) is 0 Å². The third kappa shape index (κ3) is 3.28. The van der Waals surface area contributed by atoms with Crippen LogP contribution in [-0.4, -0.2) is 30.3 Å². The second-order valence-corrected chi connectivity index (χ2v) is 6.22. The van der Waals surface area contributed by atoms with E-state index in [0.717, 1.165) is 16.7 Å². The molecule has 0 aliphatic rings. The zero-order chi connectivity index (χ0) is 17.2. The molecule has 0 bridgehead atoms. The van der Waals surface area contributed by atoms with Crippen LogP contribution in [0.15, 0.2) is 30.5 Å². The summed E-state index contributed by atoms with van der Waals surface area (Å²) >= 11 is 0. The van der Waals surface area contributed by atoms with E-state index in [9.17, 15) is 9.90 Å². The zero-order valence-electron chi connectivity index (χ0n) is 14.0. The number of benzene rings is 1. The Bertz CT molecular complexity index is 732. The maximum atomic E-state index is 11.7. The van der Waals surface area contributed by atoms with Crippen LogP contribution in [0.2, 0.25) is 0 Å². The zero-order valence-corrected chi connectivity index (χ0v) is 14.0. The fourth-order valence-electron chi connectivity index (χ4n) is 2.49. The van der Waals surface area contributed by atoms with Crippen molar-refractivity contribution >= 4 is 5.97 Å².